The summed E-state index contributed by atoms with van der Waals surface area (Å²) in [5.74, 6) is 1.49. The van der Waals surface area contributed by atoms with Crippen molar-refractivity contribution in [1.29, 1.82) is 0 Å². The van der Waals surface area contributed by atoms with Gasteiger partial charge in [0.1, 0.15) is 5.76 Å². The van der Waals surface area contributed by atoms with Crippen molar-refractivity contribution < 1.29 is 13.9 Å². The molecule has 5 nitrogen and oxygen atoms in total. The van der Waals surface area contributed by atoms with Crippen molar-refractivity contribution in [1.82, 2.24) is 10.3 Å². The van der Waals surface area contributed by atoms with Crippen LogP contribution in [0.3, 0.4) is 0 Å². The van der Waals surface area contributed by atoms with Gasteiger partial charge in [-0.1, -0.05) is 0 Å². The smallest absolute Gasteiger partial charge is 0.162 e. The fourth-order valence-electron chi connectivity index (χ4n) is 1.87. The molecule has 0 aromatic carbocycles. The lowest BCUT2D eigenvalue weighted by atomic mass is 10.2. The molecule has 0 amide bonds. The quantitative estimate of drug-likeness (QED) is 0.730. The molecule has 20 heavy (non-hydrogen) atoms. The molecule has 0 radical (unpaired) electrons. The van der Waals surface area contributed by atoms with Gasteiger partial charge in [-0.25, -0.2) is 4.98 Å². The first-order valence-electron chi connectivity index (χ1n) is 6.22. The molecule has 0 aliphatic heterocycles. The van der Waals surface area contributed by atoms with Crippen LogP contribution in [0.5, 0.6) is 0 Å². The Morgan fingerprint density at radius 1 is 1.25 bits per heavy atom. The van der Waals surface area contributed by atoms with E-state index in [1.54, 1.807) is 18.6 Å². The largest absolute Gasteiger partial charge is 0.468 e. The van der Waals surface area contributed by atoms with E-state index in [2.05, 4.69) is 10.3 Å². The van der Waals surface area contributed by atoms with Crippen LogP contribution in [0.15, 0.2) is 51.0 Å². The van der Waals surface area contributed by atoms with Crippen molar-refractivity contribution in [2.24, 2.45) is 0 Å². The first-order chi connectivity index (χ1) is 9.86. The molecule has 3 aromatic rings. The predicted molar refractivity (Wildman–Crippen MR) is 75.2 cm³/mol. The minimum atomic E-state index is -0.223. The van der Waals surface area contributed by atoms with Gasteiger partial charge in [0.05, 0.1) is 30.9 Å². The number of aliphatic hydroxyl groups is 1. The number of thiazole rings is 1. The van der Waals surface area contributed by atoms with Crippen LogP contribution in [0.1, 0.15) is 17.5 Å². The number of furan rings is 2. The lowest BCUT2D eigenvalue weighted by Crippen LogP contribution is -2.23. The first kappa shape index (κ1) is 13.1. The molecule has 1 unspecified atom stereocenters. The molecule has 3 heterocycles. The molecule has 2 N–H and O–H groups in total. The van der Waals surface area contributed by atoms with E-state index in [4.69, 9.17) is 8.83 Å². The van der Waals surface area contributed by atoms with E-state index in [9.17, 15) is 5.11 Å². The number of aromatic nitrogens is 1. The minimum Gasteiger partial charge on any atom is -0.468 e. The van der Waals surface area contributed by atoms with Gasteiger partial charge < -0.3 is 13.9 Å². The van der Waals surface area contributed by atoms with Gasteiger partial charge in [0.2, 0.25) is 0 Å². The van der Waals surface area contributed by atoms with Crippen molar-refractivity contribution in [2.45, 2.75) is 12.6 Å². The summed E-state index contributed by atoms with van der Waals surface area (Å²) >= 11 is 1.53. The Labute approximate surface area is 119 Å². The predicted octanol–water partition coefficient (Wildman–Crippen LogP) is 2.82. The molecule has 3 rings (SSSR count). The lowest BCUT2D eigenvalue weighted by molar-refractivity contribution is 0.225. The maximum atomic E-state index is 9.38. The van der Waals surface area contributed by atoms with E-state index < -0.39 is 0 Å². The Balaban J connectivity index is 1.64. The molecule has 104 valence electrons. The summed E-state index contributed by atoms with van der Waals surface area (Å²) in [6.45, 7) is 0.534. The Kier molecular flexibility index (Phi) is 3.96. The van der Waals surface area contributed by atoms with Crippen LogP contribution >= 0.6 is 11.3 Å². The molecule has 3 aromatic heterocycles. The molecule has 0 bridgehead atoms. The summed E-state index contributed by atoms with van der Waals surface area (Å²) in [6.07, 6.45) is 3.23. The highest BCUT2D eigenvalue weighted by Crippen LogP contribution is 2.24. The number of nitrogens with one attached hydrogen (secondary N) is 1. The molecule has 0 saturated heterocycles. The van der Waals surface area contributed by atoms with Crippen molar-refractivity contribution in [3.05, 3.63) is 53.6 Å². The van der Waals surface area contributed by atoms with Crippen LogP contribution in [-0.2, 0) is 6.54 Å². The molecule has 1 atom stereocenters. The normalized spacial score (nSPS) is 12.7. The van der Waals surface area contributed by atoms with Gasteiger partial charge in [0, 0.05) is 11.9 Å². The van der Waals surface area contributed by atoms with Crippen molar-refractivity contribution >= 4 is 11.3 Å². The summed E-state index contributed by atoms with van der Waals surface area (Å²) < 4.78 is 10.6. The zero-order chi connectivity index (χ0) is 13.8. The molecule has 0 aliphatic carbocycles. The summed E-state index contributed by atoms with van der Waals surface area (Å²) in [5.41, 5.74) is 0.909. The highest BCUT2D eigenvalue weighted by atomic mass is 32.1. The number of nitrogens with zero attached hydrogens (tertiary/aromatic N) is 1. The van der Waals surface area contributed by atoms with E-state index in [0.29, 0.717) is 12.3 Å². The maximum Gasteiger partial charge on any atom is 0.162 e. The molecule has 0 saturated carbocycles. The standard InChI is InChI=1S/C14H14N2O3S/c17-8-11(12-3-1-5-18-12)15-7-10-9-20-14(16-10)13-4-2-6-19-13/h1-6,9,11,15,17H,7-8H2. The third-order valence-electron chi connectivity index (χ3n) is 2.88. The third kappa shape index (κ3) is 2.82. The van der Waals surface area contributed by atoms with Crippen LogP contribution < -0.4 is 5.32 Å². The highest BCUT2D eigenvalue weighted by Gasteiger charge is 2.13. The van der Waals surface area contributed by atoms with Crippen molar-refractivity contribution in [3.63, 3.8) is 0 Å². The summed E-state index contributed by atoms with van der Waals surface area (Å²) in [6, 6.07) is 7.14. The van der Waals surface area contributed by atoms with Crippen LogP contribution in [0.4, 0.5) is 0 Å². The first-order valence-corrected chi connectivity index (χ1v) is 7.10. The van der Waals surface area contributed by atoms with Crippen molar-refractivity contribution in [3.8, 4) is 10.8 Å². The van der Waals surface area contributed by atoms with Gasteiger partial charge in [-0.2, -0.15) is 0 Å². The average molecular weight is 290 g/mol. The van der Waals surface area contributed by atoms with E-state index in [-0.39, 0.29) is 12.6 Å². The summed E-state index contributed by atoms with van der Waals surface area (Å²) in [5, 5.41) is 15.4. The fourth-order valence-corrected chi connectivity index (χ4v) is 2.66. The lowest BCUT2D eigenvalue weighted by Gasteiger charge is -2.12. The highest BCUT2D eigenvalue weighted by molar-refractivity contribution is 7.13. The number of hydrogen-bond donors (Lipinski definition) is 2. The van der Waals surface area contributed by atoms with Gasteiger partial charge >= 0.3 is 0 Å². The second-order valence-corrected chi connectivity index (χ2v) is 5.11. The van der Waals surface area contributed by atoms with Crippen LogP contribution in [-0.4, -0.2) is 16.7 Å². The SMILES string of the molecule is OCC(NCc1csc(-c2ccco2)n1)c1ccco1. The summed E-state index contributed by atoms with van der Waals surface area (Å²) in [7, 11) is 0. The van der Waals surface area contributed by atoms with Gasteiger partial charge in [0.15, 0.2) is 10.8 Å². The van der Waals surface area contributed by atoms with Gasteiger partial charge in [-0.3, -0.25) is 5.32 Å². The Bertz CT molecular complexity index is 631. The van der Waals surface area contributed by atoms with Crippen molar-refractivity contribution in [2.75, 3.05) is 6.61 Å². The number of aliphatic hydroxyl groups excluding tert-OH is 1. The molecular weight excluding hydrogens is 276 g/mol. The van der Waals surface area contributed by atoms with Crippen LogP contribution in [0, 0.1) is 0 Å². The molecule has 0 aliphatic rings. The Morgan fingerprint density at radius 2 is 2.10 bits per heavy atom. The molecular formula is C14H14N2O3S. The molecule has 6 heteroatoms. The minimum absolute atomic E-state index is 0.0251. The second-order valence-electron chi connectivity index (χ2n) is 4.25. The topological polar surface area (TPSA) is 71.4 Å². The number of hydrogen-bond acceptors (Lipinski definition) is 6. The van der Waals surface area contributed by atoms with E-state index in [0.717, 1.165) is 16.5 Å². The van der Waals surface area contributed by atoms with Crippen LogP contribution in [0.2, 0.25) is 0 Å². The average Bonchev–Trinajstić information content (AvgIpc) is 3.22. The number of rotatable bonds is 6. The fraction of sp³-hybridized carbons (Fsp3) is 0.214. The van der Waals surface area contributed by atoms with E-state index in [1.165, 1.54) is 11.3 Å². The zero-order valence-electron chi connectivity index (χ0n) is 10.7. The third-order valence-corrected chi connectivity index (χ3v) is 3.79. The Morgan fingerprint density at radius 3 is 2.80 bits per heavy atom. The van der Waals surface area contributed by atoms with Crippen LogP contribution in [0.25, 0.3) is 10.8 Å². The Hall–Kier alpha value is -1.89. The maximum absolute atomic E-state index is 9.38. The van der Waals surface area contributed by atoms with Gasteiger partial charge in [-0.15, -0.1) is 11.3 Å². The zero-order valence-corrected chi connectivity index (χ0v) is 11.5. The van der Waals surface area contributed by atoms with E-state index in [1.807, 2.05) is 23.6 Å². The van der Waals surface area contributed by atoms with Gasteiger partial charge in [-0.05, 0) is 24.3 Å². The second kappa shape index (κ2) is 6.04. The summed E-state index contributed by atoms with van der Waals surface area (Å²) in [4.78, 5) is 4.49. The molecule has 0 spiro atoms. The van der Waals surface area contributed by atoms with Gasteiger partial charge in [0.25, 0.3) is 0 Å². The monoisotopic (exact) mass is 290 g/mol. The van der Waals surface area contributed by atoms with E-state index >= 15 is 0 Å². The molecule has 0 fully saturated rings.